The molecule has 2 heterocycles. The van der Waals surface area contributed by atoms with E-state index in [0.717, 1.165) is 16.8 Å². The fourth-order valence-corrected chi connectivity index (χ4v) is 1.89. The van der Waals surface area contributed by atoms with E-state index in [2.05, 4.69) is 28.4 Å². The summed E-state index contributed by atoms with van der Waals surface area (Å²) in [5.74, 6) is 6.40. The third kappa shape index (κ3) is 3.01. The van der Waals surface area contributed by atoms with Crippen LogP contribution < -0.4 is 21.4 Å². The van der Waals surface area contributed by atoms with E-state index in [4.69, 9.17) is 0 Å². The highest BCUT2D eigenvalue weighted by atomic mass is 79.9. The molecule has 2 heteroatoms. The molecule has 1 aromatic carbocycles. The molecule has 0 saturated carbocycles. The van der Waals surface area contributed by atoms with Gasteiger partial charge in [0.25, 0.3) is 5.69 Å². The van der Waals surface area contributed by atoms with Crippen LogP contribution in [0.1, 0.15) is 11.3 Å². The van der Waals surface area contributed by atoms with Crippen molar-refractivity contribution in [1.29, 1.82) is 0 Å². The summed E-state index contributed by atoms with van der Waals surface area (Å²) < 4.78 is 2.09. The average molecular weight is 310 g/mol. The summed E-state index contributed by atoms with van der Waals surface area (Å²) in [7, 11) is 0. The van der Waals surface area contributed by atoms with Crippen molar-refractivity contribution in [2.24, 2.45) is 0 Å². The highest BCUT2D eigenvalue weighted by Crippen LogP contribution is 1.99. The second-order valence-electron chi connectivity index (χ2n) is 4.02. The molecule has 0 unspecified atom stereocenters. The fourth-order valence-electron chi connectivity index (χ4n) is 1.89. The third-order valence-corrected chi connectivity index (χ3v) is 2.78. The van der Waals surface area contributed by atoms with E-state index >= 15 is 0 Å². The van der Waals surface area contributed by atoms with E-state index in [0.29, 0.717) is 0 Å². The second-order valence-corrected chi connectivity index (χ2v) is 4.02. The normalized spacial score (nSPS) is 9.26. The van der Waals surface area contributed by atoms with Crippen LogP contribution in [0.5, 0.6) is 0 Å². The first-order chi connectivity index (χ1) is 8.93. The highest BCUT2D eigenvalue weighted by Gasteiger charge is 2.04. The lowest BCUT2D eigenvalue weighted by atomic mass is 10.2. The van der Waals surface area contributed by atoms with Crippen molar-refractivity contribution in [3.8, 4) is 11.8 Å². The Morgan fingerprint density at radius 1 is 0.684 bits per heavy atom. The van der Waals surface area contributed by atoms with Crippen molar-refractivity contribution < 1.29 is 21.4 Å². The van der Waals surface area contributed by atoms with E-state index < -0.39 is 0 Å². The maximum Gasteiger partial charge on any atom is 0.262 e. The van der Waals surface area contributed by atoms with Crippen LogP contribution in [-0.4, -0.2) is 0 Å². The predicted molar refractivity (Wildman–Crippen MR) is 72.0 cm³/mol. The van der Waals surface area contributed by atoms with Crippen LogP contribution in [0.15, 0.2) is 72.9 Å². The minimum atomic E-state index is 0. The molecule has 0 fully saturated rings. The molecule has 0 atom stereocenters. The molecule has 0 aliphatic carbocycles. The molecule has 0 bridgehead atoms. The van der Waals surface area contributed by atoms with Gasteiger partial charge in [-0.25, -0.2) is 0 Å². The van der Waals surface area contributed by atoms with Gasteiger partial charge < -0.3 is 17.0 Å². The number of rotatable bonds is 0. The average Bonchev–Trinajstić information content (AvgIpc) is 2.46. The molecular formula is C17H12BrN. The standard InChI is InChI=1S/C17H12N.BrH/c1-2-7-15(8-3-1)12-13-17-11-6-10-16-9-4-5-14-18(16)17;/h1-11,14H;1H/q+1;/p-1. The van der Waals surface area contributed by atoms with Crippen LogP contribution in [0.3, 0.4) is 0 Å². The summed E-state index contributed by atoms with van der Waals surface area (Å²) in [6, 6.07) is 22.3. The largest absolute Gasteiger partial charge is 1.00 e. The van der Waals surface area contributed by atoms with Gasteiger partial charge in [-0.15, -0.1) is 0 Å². The molecule has 1 nitrogen and oxygen atoms in total. The summed E-state index contributed by atoms with van der Waals surface area (Å²) in [5.41, 5.74) is 3.18. The van der Waals surface area contributed by atoms with Crippen LogP contribution in [0.25, 0.3) is 5.52 Å². The van der Waals surface area contributed by atoms with Crippen molar-refractivity contribution >= 4 is 5.52 Å². The molecule has 0 radical (unpaired) electrons. The van der Waals surface area contributed by atoms with Crippen LogP contribution in [0, 0.1) is 11.8 Å². The number of hydrogen-bond acceptors (Lipinski definition) is 0. The Labute approximate surface area is 123 Å². The lowest BCUT2D eigenvalue weighted by Gasteiger charge is -1.92. The Kier molecular flexibility index (Phi) is 4.33. The van der Waals surface area contributed by atoms with Crippen LogP contribution >= 0.6 is 0 Å². The highest BCUT2D eigenvalue weighted by molar-refractivity contribution is 5.43. The van der Waals surface area contributed by atoms with Gasteiger partial charge in [0, 0.05) is 35.7 Å². The SMILES string of the molecule is C(#Cc1cccc2cccc[n+]12)c1ccccc1.[Br-]. The van der Waals surface area contributed by atoms with Crippen molar-refractivity contribution in [1.82, 2.24) is 0 Å². The zero-order chi connectivity index (χ0) is 12.2. The third-order valence-electron chi connectivity index (χ3n) is 2.78. The van der Waals surface area contributed by atoms with E-state index in [9.17, 15) is 0 Å². The Morgan fingerprint density at radius 2 is 1.42 bits per heavy atom. The summed E-state index contributed by atoms with van der Waals surface area (Å²) in [6.07, 6.45) is 2.03. The van der Waals surface area contributed by atoms with E-state index in [1.807, 2.05) is 60.8 Å². The summed E-state index contributed by atoms with van der Waals surface area (Å²) >= 11 is 0. The zero-order valence-corrected chi connectivity index (χ0v) is 11.8. The van der Waals surface area contributed by atoms with Gasteiger partial charge in [0.15, 0.2) is 6.20 Å². The second kappa shape index (κ2) is 6.17. The molecule has 0 N–H and O–H groups in total. The van der Waals surface area contributed by atoms with Crippen LogP contribution in [0.2, 0.25) is 0 Å². The topological polar surface area (TPSA) is 4.10 Å². The molecule has 92 valence electrons. The van der Waals surface area contributed by atoms with Gasteiger partial charge >= 0.3 is 0 Å². The molecule has 3 rings (SSSR count). The number of hydrogen-bond donors (Lipinski definition) is 0. The lowest BCUT2D eigenvalue weighted by molar-refractivity contribution is -0.515. The summed E-state index contributed by atoms with van der Waals surface area (Å²) in [5, 5.41) is 0. The van der Waals surface area contributed by atoms with Crippen molar-refractivity contribution in [3.05, 3.63) is 84.2 Å². The monoisotopic (exact) mass is 309 g/mol. The van der Waals surface area contributed by atoms with Crippen LogP contribution in [0.4, 0.5) is 0 Å². The minimum Gasteiger partial charge on any atom is -1.00 e. The molecule has 0 aliphatic rings. The predicted octanol–water partition coefficient (Wildman–Crippen LogP) is -0.171. The zero-order valence-electron chi connectivity index (χ0n) is 10.3. The maximum atomic E-state index is 3.22. The van der Waals surface area contributed by atoms with E-state index in [1.165, 1.54) is 0 Å². The molecule has 2 aromatic heterocycles. The molecule has 0 amide bonds. The quantitative estimate of drug-likeness (QED) is 0.401. The van der Waals surface area contributed by atoms with Gasteiger partial charge in [-0.3, -0.25) is 0 Å². The van der Waals surface area contributed by atoms with Gasteiger partial charge in [0.2, 0.25) is 5.52 Å². The van der Waals surface area contributed by atoms with Crippen LogP contribution in [-0.2, 0) is 0 Å². The van der Waals surface area contributed by atoms with Crippen molar-refractivity contribution in [2.75, 3.05) is 0 Å². The number of benzene rings is 1. The van der Waals surface area contributed by atoms with Crippen molar-refractivity contribution in [3.63, 3.8) is 0 Å². The summed E-state index contributed by atoms with van der Waals surface area (Å²) in [4.78, 5) is 0. The molecular weight excluding hydrogens is 298 g/mol. The Hall–Kier alpha value is -2.11. The smallest absolute Gasteiger partial charge is 0.262 e. The Bertz CT molecular complexity index is 734. The molecule has 3 aromatic rings. The van der Waals surface area contributed by atoms with E-state index in [-0.39, 0.29) is 17.0 Å². The molecule has 0 saturated heterocycles. The van der Waals surface area contributed by atoms with Gasteiger partial charge in [-0.05, 0) is 24.3 Å². The molecule has 19 heavy (non-hydrogen) atoms. The molecule has 0 spiro atoms. The number of fused-ring (bicyclic) bond motifs is 1. The van der Waals surface area contributed by atoms with Crippen molar-refractivity contribution in [2.45, 2.75) is 0 Å². The first kappa shape index (κ1) is 13.3. The van der Waals surface area contributed by atoms with E-state index in [1.54, 1.807) is 0 Å². The minimum absolute atomic E-state index is 0. The number of halogens is 1. The van der Waals surface area contributed by atoms with Gasteiger partial charge in [-0.2, -0.15) is 4.40 Å². The molecule has 0 aliphatic heterocycles. The number of pyridine rings is 2. The Balaban J connectivity index is 0.00000133. The van der Waals surface area contributed by atoms with Gasteiger partial charge in [0.1, 0.15) is 0 Å². The number of aromatic nitrogens is 1. The van der Waals surface area contributed by atoms with Gasteiger partial charge in [-0.1, -0.05) is 24.1 Å². The van der Waals surface area contributed by atoms with Gasteiger partial charge in [0.05, 0.1) is 0 Å². The summed E-state index contributed by atoms with van der Waals surface area (Å²) in [6.45, 7) is 0. The lowest BCUT2D eigenvalue weighted by Crippen LogP contribution is -3.00. The number of nitrogens with zero attached hydrogens (tertiary/aromatic N) is 1. The first-order valence-corrected chi connectivity index (χ1v) is 5.90. The first-order valence-electron chi connectivity index (χ1n) is 5.90. The fraction of sp³-hybridized carbons (Fsp3) is 0. The maximum absolute atomic E-state index is 3.22. The Morgan fingerprint density at radius 3 is 2.26 bits per heavy atom.